The number of hydrogen-bond acceptors (Lipinski definition) is 4. The summed E-state index contributed by atoms with van der Waals surface area (Å²) in [6.45, 7) is 3.00. The molecule has 0 aliphatic heterocycles. The lowest BCUT2D eigenvalue weighted by molar-refractivity contribution is 0.617. The van der Waals surface area contributed by atoms with E-state index in [0.717, 1.165) is 11.8 Å². The number of benzene rings is 1. The standard InChI is InChI=1S/C13H14ClFN4/c1-2-16-13-18-8-11(15)12(19-13)17-7-9-5-3-4-6-10(9)14/h3-6,8H,2,7H2,1H3,(H2,16,17,18,19). The van der Waals surface area contributed by atoms with Crippen LogP contribution < -0.4 is 10.6 Å². The van der Waals surface area contributed by atoms with Crippen molar-refractivity contribution in [1.29, 1.82) is 0 Å². The highest BCUT2D eigenvalue weighted by Crippen LogP contribution is 2.18. The van der Waals surface area contributed by atoms with Gasteiger partial charge in [-0.1, -0.05) is 29.8 Å². The Kier molecular flexibility index (Phi) is 4.52. The molecule has 0 saturated carbocycles. The monoisotopic (exact) mass is 280 g/mol. The van der Waals surface area contributed by atoms with Gasteiger partial charge in [-0.3, -0.25) is 0 Å². The SMILES string of the molecule is CCNc1ncc(F)c(NCc2ccccc2Cl)n1. The van der Waals surface area contributed by atoms with Gasteiger partial charge in [-0.2, -0.15) is 4.98 Å². The number of rotatable bonds is 5. The summed E-state index contributed by atoms with van der Waals surface area (Å²) in [5.74, 6) is 0.0603. The zero-order chi connectivity index (χ0) is 13.7. The molecule has 1 aromatic heterocycles. The Labute approximate surface area is 116 Å². The largest absolute Gasteiger partial charge is 0.363 e. The minimum atomic E-state index is -0.492. The molecule has 2 aromatic rings. The molecule has 0 bridgehead atoms. The summed E-state index contributed by atoms with van der Waals surface area (Å²) in [5, 5.41) is 6.48. The summed E-state index contributed by atoms with van der Waals surface area (Å²) in [6, 6.07) is 7.39. The van der Waals surface area contributed by atoms with Gasteiger partial charge < -0.3 is 10.6 Å². The molecular formula is C13H14ClFN4. The van der Waals surface area contributed by atoms with E-state index < -0.39 is 5.82 Å². The highest BCUT2D eigenvalue weighted by molar-refractivity contribution is 6.31. The van der Waals surface area contributed by atoms with Crippen LogP contribution in [-0.4, -0.2) is 16.5 Å². The molecular weight excluding hydrogens is 267 g/mol. The second kappa shape index (κ2) is 6.33. The third-order valence-corrected chi connectivity index (χ3v) is 2.85. The Bertz CT molecular complexity index is 562. The van der Waals surface area contributed by atoms with E-state index in [1.807, 2.05) is 25.1 Å². The van der Waals surface area contributed by atoms with Crippen molar-refractivity contribution in [2.24, 2.45) is 0 Å². The first-order chi connectivity index (χ1) is 9.20. The van der Waals surface area contributed by atoms with Crippen LogP contribution in [0, 0.1) is 5.82 Å². The van der Waals surface area contributed by atoms with Crippen LogP contribution in [0.15, 0.2) is 30.5 Å². The molecule has 0 radical (unpaired) electrons. The molecule has 0 saturated heterocycles. The third kappa shape index (κ3) is 3.54. The molecule has 2 N–H and O–H groups in total. The smallest absolute Gasteiger partial charge is 0.224 e. The Hall–Kier alpha value is -1.88. The lowest BCUT2D eigenvalue weighted by Crippen LogP contribution is -2.08. The van der Waals surface area contributed by atoms with Crippen molar-refractivity contribution in [3.63, 3.8) is 0 Å². The van der Waals surface area contributed by atoms with Gasteiger partial charge in [0.25, 0.3) is 0 Å². The molecule has 100 valence electrons. The Balaban J connectivity index is 2.10. The van der Waals surface area contributed by atoms with Crippen molar-refractivity contribution in [3.8, 4) is 0 Å². The molecule has 0 spiro atoms. The Morgan fingerprint density at radius 1 is 1.26 bits per heavy atom. The quantitative estimate of drug-likeness (QED) is 0.882. The normalized spacial score (nSPS) is 10.3. The first kappa shape index (κ1) is 13.5. The maximum absolute atomic E-state index is 13.6. The lowest BCUT2D eigenvalue weighted by atomic mass is 10.2. The van der Waals surface area contributed by atoms with Crippen molar-refractivity contribution < 1.29 is 4.39 Å². The number of nitrogens with zero attached hydrogens (tertiary/aromatic N) is 2. The van der Waals surface area contributed by atoms with E-state index in [2.05, 4.69) is 20.6 Å². The molecule has 4 nitrogen and oxygen atoms in total. The van der Waals surface area contributed by atoms with Crippen LogP contribution >= 0.6 is 11.6 Å². The van der Waals surface area contributed by atoms with Crippen LogP contribution in [0.5, 0.6) is 0 Å². The highest BCUT2D eigenvalue weighted by Gasteiger charge is 2.07. The zero-order valence-electron chi connectivity index (χ0n) is 10.5. The Morgan fingerprint density at radius 2 is 2.05 bits per heavy atom. The molecule has 2 rings (SSSR count). The van der Waals surface area contributed by atoms with E-state index in [1.54, 1.807) is 6.07 Å². The lowest BCUT2D eigenvalue weighted by Gasteiger charge is -2.09. The fourth-order valence-electron chi connectivity index (χ4n) is 1.56. The first-order valence-corrected chi connectivity index (χ1v) is 6.32. The number of nitrogens with one attached hydrogen (secondary N) is 2. The molecule has 0 unspecified atom stereocenters. The topological polar surface area (TPSA) is 49.8 Å². The highest BCUT2D eigenvalue weighted by atomic mass is 35.5. The summed E-state index contributed by atoms with van der Waals surface area (Å²) in [5.41, 5.74) is 0.882. The molecule has 0 atom stereocenters. The summed E-state index contributed by atoms with van der Waals surface area (Å²) in [6.07, 6.45) is 1.14. The number of anilines is 2. The van der Waals surface area contributed by atoms with Gasteiger partial charge in [0, 0.05) is 18.1 Å². The van der Waals surface area contributed by atoms with E-state index in [-0.39, 0.29) is 5.82 Å². The number of hydrogen-bond donors (Lipinski definition) is 2. The van der Waals surface area contributed by atoms with Crippen LogP contribution in [0.3, 0.4) is 0 Å². The van der Waals surface area contributed by atoms with Crippen molar-refractivity contribution in [2.45, 2.75) is 13.5 Å². The predicted octanol–water partition coefficient (Wildman–Crippen LogP) is 3.31. The van der Waals surface area contributed by atoms with Gasteiger partial charge in [0.2, 0.25) is 5.95 Å². The van der Waals surface area contributed by atoms with Crippen LogP contribution in [0.1, 0.15) is 12.5 Å². The zero-order valence-corrected chi connectivity index (χ0v) is 11.2. The Morgan fingerprint density at radius 3 is 2.79 bits per heavy atom. The number of halogens is 2. The predicted molar refractivity (Wildman–Crippen MR) is 74.9 cm³/mol. The summed E-state index contributed by atoms with van der Waals surface area (Å²) < 4.78 is 13.6. The van der Waals surface area contributed by atoms with Crippen LogP contribution in [0.25, 0.3) is 0 Å². The maximum atomic E-state index is 13.6. The van der Waals surface area contributed by atoms with Gasteiger partial charge >= 0.3 is 0 Å². The second-order valence-electron chi connectivity index (χ2n) is 3.87. The average Bonchev–Trinajstić information content (AvgIpc) is 2.41. The molecule has 0 fully saturated rings. The molecule has 1 heterocycles. The van der Waals surface area contributed by atoms with Crippen molar-refractivity contribution >= 4 is 23.4 Å². The molecule has 1 aromatic carbocycles. The van der Waals surface area contributed by atoms with Gasteiger partial charge in [0.05, 0.1) is 6.20 Å². The van der Waals surface area contributed by atoms with Crippen molar-refractivity contribution in [1.82, 2.24) is 9.97 Å². The molecule has 19 heavy (non-hydrogen) atoms. The van der Waals surface area contributed by atoms with Gasteiger partial charge in [0.15, 0.2) is 11.6 Å². The van der Waals surface area contributed by atoms with Crippen LogP contribution in [-0.2, 0) is 6.54 Å². The first-order valence-electron chi connectivity index (χ1n) is 5.94. The number of aromatic nitrogens is 2. The fraction of sp³-hybridized carbons (Fsp3) is 0.231. The van der Waals surface area contributed by atoms with Gasteiger partial charge in [-0.25, -0.2) is 9.37 Å². The van der Waals surface area contributed by atoms with Gasteiger partial charge in [-0.15, -0.1) is 0 Å². The molecule has 6 heteroatoms. The molecule has 0 aliphatic rings. The minimum absolute atomic E-state index is 0.158. The van der Waals surface area contributed by atoms with Gasteiger partial charge in [-0.05, 0) is 18.6 Å². The van der Waals surface area contributed by atoms with Crippen LogP contribution in [0.4, 0.5) is 16.2 Å². The minimum Gasteiger partial charge on any atom is -0.363 e. The summed E-state index contributed by atoms with van der Waals surface area (Å²) >= 11 is 6.03. The van der Waals surface area contributed by atoms with Gasteiger partial charge in [0.1, 0.15) is 0 Å². The van der Waals surface area contributed by atoms with Crippen molar-refractivity contribution in [2.75, 3.05) is 17.2 Å². The van der Waals surface area contributed by atoms with Crippen molar-refractivity contribution in [3.05, 3.63) is 46.9 Å². The molecule has 0 aliphatic carbocycles. The summed E-state index contributed by atoms with van der Waals surface area (Å²) in [4.78, 5) is 7.89. The fourth-order valence-corrected chi connectivity index (χ4v) is 1.76. The van der Waals surface area contributed by atoms with E-state index in [4.69, 9.17) is 11.6 Å². The second-order valence-corrected chi connectivity index (χ2v) is 4.27. The third-order valence-electron chi connectivity index (χ3n) is 2.48. The van der Waals surface area contributed by atoms with E-state index in [0.29, 0.717) is 24.1 Å². The van der Waals surface area contributed by atoms with E-state index in [9.17, 15) is 4.39 Å². The average molecular weight is 281 g/mol. The van der Waals surface area contributed by atoms with Crippen LogP contribution in [0.2, 0.25) is 5.02 Å². The van der Waals surface area contributed by atoms with E-state index >= 15 is 0 Å². The molecule has 0 amide bonds. The summed E-state index contributed by atoms with van der Waals surface area (Å²) in [7, 11) is 0. The van der Waals surface area contributed by atoms with E-state index in [1.165, 1.54) is 0 Å². The maximum Gasteiger partial charge on any atom is 0.224 e.